The van der Waals surface area contributed by atoms with Crippen molar-refractivity contribution < 1.29 is 23.1 Å². The standard InChI is InChI=1S/C23H22ClNO5S/c1-3-16-5-14-21(15-22(16)23(26)27)31(28,29)25(4-2)18-8-12-20(13-9-18)30-19-10-6-17(24)7-11-19/h5-15H,3-4H2,1-2H3,(H,26,27). The average molecular weight is 460 g/mol. The number of benzene rings is 3. The van der Waals surface area contributed by atoms with Crippen LogP contribution >= 0.6 is 11.6 Å². The minimum atomic E-state index is -3.95. The molecule has 3 rings (SSSR count). The zero-order chi connectivity index (χ0) is 22.6. The van der Waals surface area contributed by atoms with Crippen LogP contribution in [0.15, 0.2) is 71.6 Å². The van der Waals surface area contributed by atoms with Crippen LogP contribution in [0.1, 0.15) is 29.8 Å². The Morgan fingerprint density at radius 2 is 1.55 bits per heavy atom. The highest BCUT2D eigenvalue weighted by Crippen LogP contribution is 2.29. The summed E-state index contributed by atoms with van der Waals surface area (Å²) >= 11 is 5.87. The third-order valence-electron chi connectivity index (χ3n) is 4.74. The van der Waals surface area contributed by atoms with E-state index in [1.807, 2.05) is 6.92 Å². The monoisotopic (exact) mass is 459 g/mol. The molecule has 0 amide bonds. The van der Waals surface area contributed by atoms with Crippen LogP contribution < -0.4 is 9.04 Å². The molecule has 162 valence electrons. The van der Waals surface area contributed by atoms with Gasteiger partial charge in [-0.1, -0.05) is 24.6 Å². The van der Waals surface area contributed by atoms with Gasteiger partial charge in [0.05, 0.1) is 16.1 Å². The van der Waals surface area contributed by atoms with Crippen molar-refractivity contribution in [3.05, 3.63) is 82.9 Å². The fraction of sp³-hybridized carbons (Fsp3) is 0.174. The minimum absolute atomic E-state index is 0.00802. The molecule has 3 aromatic carbocycles. The molecule has 6 nitrogen and oxygen atoms in total. The van der Waals surface area contributed by atoms with Crippen molar-refractivity contribution in [2.75, 3.05) is 10.8 Å². The Hall–Kier alpha value is -3.03. The largest absolute Gasteiger partial charge is 0.478 e. The molecule has 0 bridgehead atoms. The Labute approximate surface area is 186 Å². The lowest BCUT2D eigenvalue weighted by Gasteiger charge is -2.23. The quantitative estimate of drug-likeness (QED) is 0.473. The zero-order valence-corrected chi connectivity index (χ0v) is 18.7. The van der Waals surface area contributed by atoms with E-state index in [-0.39, 0.29) is 17.0 Å². The number of halogens is 1. The van der Waals surface area contributed by atoms with Gasteiger partial charge in [0.2, 0.25) is 0 Å². The number of rotatable bonds is 8. The van der Waals surface area contributed by atoms with E-state index in [1.165, 1.54) is 16.4 Å². The second kappa shape index (κ2) is 9.41. The highest BCUT2D eigenvalue weighted by molar-refractivity contribution is 7.92. The fourth-order valence-corrected chi connectivity index (χ4v) is 4.79. The van der Waals surface area contributed by atoms with E-state index in [0.29, 0.717) is 34.2 Å². The highest BCUT2D eigenvalue weighted by atomic mass is 35.5. The highest BCUT2D eigenvalue weighted by Gasteiger charge is 2.25. The summed E-state index contributed by atoms with van der Waals surface area (Å²) in [6.45, 7) is 3.72. The summed E-state index contributed by atoms with van der Waals surface area (Å²) in [5, 5.41) is 10.0. The minimum Gasteiger partial charge on any atom is -0.478 e. The van der Waals surface area contributed by atoms with Gasteiger partial charge in [-0.15, -0.1) is 0 Å². The third-order valence-corrected chi connectivity index (χ3v) is 6.89. The number of hydrogen-bond acceptors (Lipinski definition) is 4. The number of aryl methyl sites for hydroxylation is 1. The first kappa shape index (κ1) is 22.7. The van der Waals surface area contributed by atoms with Crippen molar-refractivity contribution in [2.45, 2.75) is 25.2 Å². The van der Waals surface area contributed by atoms with Gasteiger partial charge in [0.25, 0.3) is 10.0 Å². The van der Waals surface area contributed by atoms with Crippen molar-refractivity contribution >= 4 is 33.3 Å². The molecule has 0 heterocycles. The molecule has 1 N–H and O–H groups in total. The molecule has 0 aromatic heterocycles. The lowest BCUT2D eigenvalue weighted by molar-refractivity contribution is 0.0695. The fourth-order valence-electron chi connectivity index (χ4n) is 3.16. The van der Waals surface area contributed by atoms with Crippen molar-refractivity contribution in [3.63, 3.8) is 0 Å². The van der Waals surface area contributed by atoms with Crippen LogP contribution in [0.2, 0.25) is 5.02 Å². The summed E-state index contributed by atoms with van der Waals surface area (Å²) in [5.74, 6) is -0.00466. The summed E-state index contributed by atoms with van der Waals surface area (Å²) in [6, 6.07) is 17.7. The van der Waals surface area contributed by atoms with Gasteiger partial charge in [-0.05, 0) is 79.6 Å². The molecule has 3 aromatic rings. The van der Waals surface area contributed by atoms with Crippen LogP contribution in [0.25, 0.3) is 0 Å². The number of anilines is 1. The summed E-state index contributed by atoms with van der Waals surface area (Å²) in [6.07, 6.45) is 0.495. The van der Waals surface area contributed by atoms with Gasteiger partial charge >= 0.3 is 5.97 Å². The Morgan fingerprint density at radius 1 is 0.968 bits per heavy atom. The van der Waals surface area contributed by atoms with Gasteiger partial charge in [-0.25, -0.2) is 13.2 Å². The van der Waals surface area contributed by atoms with E-state index in [2.05, 4.69) is 0 Å². The molecule has 0 atom stereocenters. The van der Waals surface area contributed by atoms with E-state index in [0.717, 1.165) is 0 Å². The van der Waals surface area contributed by atoms with Crippen molar-refractivity contribution in [1.82, 2.24) is 0 Å². The van der Waals surface area contributed by atoms with E-state index >= 15 is 0 Å². The smallest absolute Gasteiger partial charge is 0.336 e. The lowest BCUT2D eigenvalue weighted by Crippen LogP contribution is -2.31. The van der Waals surface area contributed by atoms with E-state index in [4.69, 9.17) is 16.3 Å². The van der Waals surface area contributed by atoms with Crippen LogP contribution in [-0.4, -0.2) is 26.0 Å². The lowest BCUT2D eigenvalue weighted by atomic mass is 10.1. The number of carbonyl (C=O) groups is 1. The molecule has 0 unspecified atom stereocenters. The Morgan fingerprint density at radius 3 is 2.06 bits per heavy atom. The van der Waals surface area contributed by atoms with Crippen LogP contribution in [0.3, 0.4) is 0 Å². The van der Waals surface area contributed by atoms with Crippen LogP contribution in [-0.2, 0) is 16.4 Å². The van der Waals surface area contributed by atoms with Crippen molar-refractivity contribution in [3.8, 4) is 11.5 Å². The first-order valence-electron chi connectivity index (χ1n) is 9.68. The van der Waals surface area contributed by atoms with Gasteiger partial charge in [0.15, 0.2) is 0 Å². The Bertz CT molecular complexity index is 1180. The molecule has 0 fully saturated rings. The van der Waals surface area contributed by atoms with Gasteiger partial charge in [0, 0.05) is 11.6 Å². The predicted octanol–water partition coefficient (Wildman–Crippen LogP) is 5.61. The maximum Gasteiger partial charge on any atom is 0.336 e. The SMILES string of the molecule is CCc1ccc(S(=O)(=O)N(CC)c2ccc(Oc3ccc(Cl)cc3)cc2)cc1C(=O)O. The normalized spacial score (nSPS) is 11.2. The number of ether oxygens (including phenoxy) is 1. The summed E-state index contributed by atoms with van der Waals surface area (Å²) < 4.78 is 33.4. The summed E-state index contributed by atoms with van der Waals surface area (Å²) in [7, 11) is -3.95. The molecule has 0 aliphatic heterocycles. The first-order valence-corrected chi connectivity index (χ1v) is 11.5. The van der Waals surface area contributed by atoms with Crippen LogP contribution in [0.5, 0.6) is 11.5 Å². The van der Waals surface area contributed by atoms with Gasteiger partial charge in [0.1, 0.15) is 11.5 Å². The molecule has 8 heteroatoms. The molecule has 0 aliphatic rings. The first-order chi connectivity index (χ1) is 14.8. The van der Waals surface area contributed by atoms with E-state index < -0.39 is 16.0 Å². The maximum atomic E-state index is 13.2. The Kier molecular flexibility index (Phi) is 6.87. The maximum absolute atomic E-state index is 13.2. The van der Waals surface area contributed by atoms with Gasteiger partial charge in [-0.2, -0.15) is 0 Å². The third kappa shape index (κ3) is 5.00. The molecule has 0 spiro atoms. The number of carboxylic acids is 1. The molecular formula is C23H22ClNO5S. The average Bonchev–Trinajstić information content (AvgIpc) is 2.76. The second-order valence-electron chi connectivity index (χ2n) is 6.70. The van der Waals surface area contributed by atoms with Crippen molar-refractivity contribution in [1.29, 1.82) is 0 Å². The number of sulfonamides is 1. The predicted molar refractivity (Wildman–Crippen MR) is 121 cm³/mol. The number of hydrogen-bond donors (Lipinski definition) is 1. The Balaban J connectivity index is 1.89. The van der Waals surface area contributed by atoms with Crippen LogP contribution in [0, 0.1) is 0 Å². The molecule has 0 saturated carbocycles. The number of nitrogens with zero attached hydrogens (tertiary/aromatic N) is 1. The number of carboxylic acid groups (broad SMARTS) is 1. The number of aromatic carboxylic acids is 1. The van der Waals surface area contributed by atoms with Crippen LogP contribution in [0.4, 0.5) is 5.69 Å². The summed E-state index contributed by atoms with van der Waals surface area (Å²) in [4.78, 5) is 11.5. The van der Waals surface area contributed by atoms with Crippen molar-refractivity contribution in [2.24, 2.45) is 0 Å². The van der Waals surface area contributed by atoms with Gasteiger partial charge in [-0.3, -0.25) is 4.31 Å². The molecule has 0 radical (unpaired) electrons. The van der Waals surface area contributed by atoms with Gasteiger partial charge < -0.3 is 9.84 Å². The second-order valence-corrected chi connectivity index (χ2v) is 9.00. The topological polar surface area (TPSA) is 83.9 Å². The van der Waals surface area contributed by atoms with E-state index in [9.17, 15) is 18.3 Å². The molecule has 31 heavy (non-hydrogen) atoms. The molecular weight excluding hydrogens is 438 g/mol. The molecule has 0 saturated heterocycles. The van der Waals surface area contributed by atoms with E-state index in [1.54, 1.807) is 61.5 Å². The molecule has 0 aliphatic carbocycles. The zero-order valence-electron chi connectivity index (χ0n) is 17.1. The summed E-state index contributed by atoms with van der Waals surface area (Å²) in [5.41, 5.74) is 1.02.